The Morgan fingerprint density at radius 1 is 1.32 bits per heavy atom. The van der Waals surface area contributed by atoms with Crippen molar-refractivity contribution in [2.75, 3.05) is 6.54 Å². The van der Waals surface area contributed by atoms with E-state index < -0.39 is 0 Å². The predicted molar refractivity (Wildman–Crippen MR) is 75.6 cm³/mol. The number of amides is 1. The Hall–Kier alpha value is -1.42. The summed E-state index contributed by atoms with van der Waals surface area (Å²) in [6.07, 6.45) is 8.08. The van der Waals surface area contributed by atoms with Gasteiger partial charge in [-0.2, -0.15) is 0 Å². The summed E-state index contributed by atoms with van der Waals surface area (Å²) < 4.78 is 0. The van der Waals surface area contributed by atoms with Crippen LogP contribution in [0.4, 0.5) is 0 Å². The van der Waals surface area contributed by atoms with Crippen molar-refractivity contribution in [3.05, 3.63) is 30.1 Å². The van der Waals surface area contributed by atoms with Gasteiger partial charge in [-0.1, -0.05) is 0 Å². The molecular weight excluding hydrogens is 238 g/mol. The molecule has 1 saturated carbocycles. The minimum atomic E-state index is 0.217. The third-order valence-corrected chi connectivity index (χ3v) is 3.95. The van der Waals surface area contributed by atoms with Gasteiger partial charge < -0.3 is 10.6 Å². The molecule has 1 aromatic rings. The van der Waals surface area contributed by atoms with E-state index in [1.165, 1.54) is 0 Å². The van der Waals surface area contributed by atoms with Gasteiger partial charge in [0.1, 0.15) is 0 Å². The Kier molecular flexibility index (Phi) is 4.91. The summed E-state index contributed by atoms with van der Waals surface area (Å²) in [5.41, 5.74) is 6.96. The molecule has 19 heavy (non-hydrogen) atoms. The van der Waals surface area contributed by atoms with Crippen molar-refractivity contribution in [2.45, 2.75) is 51.1 Å². The highest BCUT2D eigenvalue weighted by Gasteiger charge is 2.26. The lowest BCUT2D eigenvalue weighted by atomic mass is 9.90. The third kappa shape index (κ3) is 3.77. The number of carbonyl (C=O) groups excluding carboxylic acids is 1. The molecule has 4 nitrogen and oxygen atoms in total. The number of rotatable bonds is 4. The molecule has 0 aliphatic heterocycles. The van der Waals surface area contributed by atoms with Crippen molar-refractivity contribution in [1.29, 1.82) is 0 Å². The Labute approximate surface area is 115 Å². The predicted octanol–water partition coefficient (Wildman–Crippen LogP) is 1.74. The van der Waals surface area contributed by atoms with E-state index in [0.29, 0.717) is 18.5 Å². The van der Waals surface area contributed by atoms with Crippen molar-refractivity contribution in [3.63, 3.8) is 0 Å². The van der Waals surface area contributed by atoms with Crippen molar-refractivity contribution < 1.29 is 4.79 Å². The Morgan fingerprint density at radius 2 is 1.95 bits per heavy atom. The van der Waals surface area contributed by atoms with Gasteiger partial charge in [0.2, 0.25) is 5.91 Å². The van der Waals surface area contributed by atoms with Gasteiger partial charge in [0, 0.05) is 31.0 Å². The molecule has 0 saturated heterocycles. The van der Waals surface area contributed by atoms with Crippen LogP contribution in [0, 0.1) is 0 Å². The molecule has 1 heterocycles. The van der Waals surface area contributed by atoms with E-state index in [0.717, 1.165) is 37.8 Å². The maximum absolute atomic E-state index is 12.4. The highest BCUT2D eigenvalue weighted by Crippen LogP contribution is 2.22. The number of hydrogen-bond donors (Lipinski definition) is 1. The van der Waals surface area contributed by atoms with Crippen molar-refractivity contribution in [2.24, 2.45) is 5.73 Å². The molecule has 0 spiro atoms. The van der Waals surface area contributed by atoms with Crippen molar-refractivity contribution in [1.82, 2.24) is 9.88 Å². The molecule has 2 N–H and O–H groups in total. The largest absolute Gasteiger partial charge is 0.340 e. The summed E-state index contributed by atoms with van der Waals surface area (Å²) in [5, 5.41) is 0. The maximum atomic E-state index is 12.4. The standard InChI is InChI=1S/C15H23N3O/c1-2-18(14-5-3-13(16)4-6-14)15(19)11-12-7-9-17-10-8-12/h7-10,13-14H,2-6,11,16H2,1H3. The monoisotopic (exact) mass is 261 g/mol. The summed E-state index contributed by atoms with van der Waals surface area (Å²) in [6.45, 7) is 2.84. The fourth-order valence-electron chi connectivity index (χ4n) is 2.83. The fraction of sp³-hybridized carbons (Fsp3) is 0.600. The molecule has 1 aliphatic rings. The SMILES string of the molecule is CCN(C(=O)Cc1ccncc1)C1CCC(N)CC1. The highest BCUT2D eigenvalue weighted by atomic mass is 16.2. The molecule has 0 aromatic carbocycles. The zero-order valence-electron chi connectivity index (χ0n) is 11.6. The summed E-state index contributed by atoms with van der Waals surface area (Å²) in [7, 11) is 0. The second kappa shape index (κ2) is 6.66. The number of nitrogens with two attached hydrogens (primary N) is 1. The Morgan fingerprint density at radius 3 is 2.53 bits per heavy atom. The van der Waals surface area contributed by atoms with E-state index in [4.69, 9.17) is 5.73 Å². The van der Waals surface area contributed by atoms with Crippen LogP contribution in [0.2, 0.25) is 0 Å². The van der Waals surface area contributed by atoms with Gasteiger partial charge >= 0.3 is 0 Å². The zero-order valence-corrected chi connectivity index (χ0v) is 11.6. The smallest absolute Gasteiger partial charge is 0.227 e. The van der Waals surface area contributed by atoms with E-state index in [1.54, 1.807) is 12.4 Å². The summed E-state index contributed by atoms with van der Waals surface area (Å²) in [6, 6.07) is 4.51. The average Bonchev–Trinajstić information content (AvgIpc) is 2.43. The zero-order chi connectivity index (χ0) is 13.7. The fourth-order valence-corrected chi connectivity index (χ4v) is 2.83. The highest BCUT2D eigenvalue weighted by molar-refractivity contribution is 5.79. The molecule has 0 unspecified atom stereocenters. The molecule has 1 aromatic heterocycles. The van der Waals surface area contributed by atoms with E-state index in [9.17, 15) is 4.79 Å². The molecule has 104 valence electrons. The molecular formula is C15H23N3O. The number of likely N-dealkylation sites (N-methyl/N-ethyl adjacent to an activating group) is 1. The first kappa shape index (κ1) is 14.0. The summed E-state index contributed by atoms with van der Waals surface area (Å²) in [5.74, 6) is 0.217. The van der Waals surface area contributed by atoms with Gasteiger partial charge in [-0.3, -0.25) is 9.78 Å². The minimum absolute atomic E-state index is 0.217. The van der Waals surface area contributed by atoms with Gasteiger partial charge in [0.15, 0.2) is 0 Å². The number of nitrogens with zero attached hydrogens (tertiary/aromatic N) is 2. The lowest BCUT2D eigenvalue weighted by molar-refractivity contribution is -0.133. The molecule has 4 heteroatoms. The topological polar surface area (TPSA) is 59.2 Å². The van der Waals surface area contributed by atoms with Crippen LogP contribution in [0.1, 0.15) is 38.2 Å². The van der Waals surface area contributed by atoms with E-state index in [-0.39, 0.29) is 5.91 Å². The molecule has 1 aliphatic carbocycles. The van der Waals surface area contributed by atoms with Crippen LogP contribution in [0.15, 0.2) is 24.5 Å². The van der Waals surface area contributed by atoms with E-state index >= 15 is 0 Å². The van der Waals surface area contributed by atoms with Gasteiger partial charge in [-0.05, 0) is 50.3 Å². The lowest BCUT2D eigenvalue weighted by Crippen LogP contribution is -2.44. The first-order valence-corrected chi connectivity index (χ1v) is 7.14. The van der Waals surface area contributed by atoms with Crippen LogP contribution in [0.3, 0.4) is 0 Å². The van der Waals surface area contributed by atoms with Crippen LogP contribution < -0.4 is 5.73 Å². The summed E-state index contributed by atoms with van der Waals surface area (Å²) in [4.78, 5) is 18.4. The third-order valence-electron chi connectivity index (χ3n) is 3.95. The second-order valence-corrected chi connectivity index (χ2v) is 5.28. The van der Waals surface area contributed by atoms with Crippen LogP contribution in [-0.4, -0.2) is 34.4 Å². The molecule has 0 atom stereocenters. The summed E-state index contributed by atoms with van der Waals surface area (Å²) >= 11 is 0. The van der Waals surface area contributed by atoms with Gasteiger partial charge in [-0.25, -0.2) is 0 Å². The van der Waals surface area contributed by atoms with E-state index in [2.05, 4.69) is 11.9 Å². The van der Waals surface area contributed by atoms with Crippen LogP contribution in [-0.2, 0) is 11.2 Å². The number of carbonyl (C=O) groups is 1. The van der Waals surface area contributed by atoms with Crippen LogP contribution >= 0.6 is 0 Å². The number of pyridine rings is 1. The molecule has 0 bridgehead atoms. The molecule has 2 rings (SSSR count). The van der Waals surface area contributed by atoms with Gasteiger partial charge in [0.25, 0.3) is 0 Å². The minimum Gasteiger partial charge on any atom is -0.340 e. The molecule has 0 radical (unpaired) electrons. The Bertz CT molecular complexity index is 399. The normalized spacial score (nSPS) is 23.1. The van der Waals surface area contributed by atoms with Gasteiger partial charge in [0.05, 0.1) is 6.42 Å². The maximum Gasteiger partial charge on any atom is 0.227 e. The average molecular weight is 261 g/mol. The van der Waals surface area contributed by atoms with Crippen LogP contribution in [0.25, 0.3) is 0 Å². The van der Waals surface area contributed by atoms with Gasteiger partial charge in [-0.15, -0.1) is 0 Å². The molecule has 1 fully saturated rings. The number of hydrogen-bond acceptors (Lipinski definition) is 3. The van der Waals surface area contributed by atoms with Crippen molar-refractivity contribution in [3.8, 4) is 0 Å². The Balaban J connectivity index is 1.95. The van der Waals surface area contributed by atoms with Crippen molar-refractivity contribution >= 4 is 5.91 Å². The number of aromatic nitrogens is 1. The van der Waals surface area contributed by atoms with E-state index in [1.807, 2.05) is 17.0 Å². The quantitative estimate of drug-likeness (QED) is 0.898. The van der Waals surface area contributed by atoms with Crippen LogP contribution in [0.5, 0.6) is 0 Å². The first-order valence-electron chi connectivity index (χ1n) is 7.14. The second-order valence-electron chi connectivity index (χ2n) is 5.28. The lowest BCUT2D eigenvalue weighted by Gasteiger charge is -2.35. The first-order chi connectivity index (χ1) is 9.20. The molecule has 1 amide bonds.